The minimum Gasteiger partial charge on any atom is -0.501 e. The van der Waals surface area contributed by atoms with Crippen LogP contribution in [0.3, 0.4) is 0 Å². The number of carbonyl (C=O) groups is 1. The smallest absolute Gasteiger partial charge is 0.326 e. The van der Waals surface area contributed by atoms with E-state index in [0.717, 1.165) is 24.8 Å². The fraction of sp³-hybridized carbons (Fsp3) is 0.312. The van der Waals surface area contributed by atoms with Gasteiger partial charge in [-0.15, -0.1) is 0 Å². The lowest BCUT2D eigenvalue weighted by Crippen LogP contribution is -2.35. The van der Waals surface area contributed by atoms with Crippen LogP contribution in [0.4, 0.5) is 0 Å². The SMILES string of the molecule is Cc1cccc2c1CCC[C@@H]2NC(=O)c1[nH]c(=O)[nH]c(=O)c1O. The zero-order valence-electron chi connectivity index (χ0n) is 12.6. The Hall–Kier alpha value is -2.83. The summed E-state index contributed by atoms with van der Waals surface area (Å²) >= 11 is 0. The molecule has 0 unspecified atom stereocenters. The lowest BCUT2D eigenvalue weighted by molar-refractivity contribution is 0.0923. The number of aromatic amines is 2. The summed E-state index contributed by atoms with van der Waals surface area (Å²) in [7, 11) is 0. The number of amides is 1. The van der Waals surface area contributed by atoms with Gasteiger partial charge < -0.3 is 10.4 Å². The Morgan fingerprint density at radius 2 is 2.09 bits per heavy atom. The van der Waals surface area contributed by atoms with Gasteiger partial charge in [-0.3, -0.25) is 19.6 Å². The molecule has 1 aliphatic rings. The topological polar surface area (TPSA) is 115 Å². The van der Waals surface area contributed by atoms with Crippen molar-refractivity contribution < 1.29 is 9.90 Å². The van der Waals surface area contributed by atoms with Crippen LogP contribution < -0.4 is 16.6 Å². The number of aromatic nitrogens is 2. The zero-order valence-corrected chi connectivity index (χ0v) is 12.6. The van der Waals surface area contributed by atoms with Gasteiger partial charge in [0.2, 0.25) is 5.75 Å². The first kappa shape index (κ1) is 15.1. The highest BCUT2D eigenvalue weighted by Gasteiger charge is 2.25. The maximum atomic E-state index is 12.3. The number of benzene rings is 1. The Morgan fingerprint density at radius 3 is 2.87 bits per heavy atom. The molecule has 1 aliphatic carbocycles. The van der Waals surface area contributed by atoms with Crippen molar-refractivity contribution in [2.45, 2.75) is 32.2 Å². The van der Waals surface area contributed by atoms with E-state index in [0.29, 0.717) is 0 Å². The molecule has 2 aromatic rings. The normalized spacial score (nSPS) is 16.7. The molecule has 0 fully saturated rings. The molecule has 0 radical (unpaired) electrons. The van der Waals surface area contributed by atoms with Crippen molar-refractivity contribution in [3.63, 3.8) is 0 Å². The third-order valence-electron chi connectivity index (χ3n) is 4.19. The summed E-state index contributed by atoms with van der Waals surface area (Å²) in [5.41, 5.74) is 1.19. The molecular formula is C16H17N3O4. The van der Waals surface area contributed by atoms with Gasteiger partial charge in [-0.05, 0) is 42.9 Å². The van der Waals surface area contributed by atoms with E-state index in [2.05, 4.69) is 10.3 Å². The quantitative estimate of drug-likeness (QED) is 0.658. The third-order valence-corrected chi connectivity index (χ3v) is 4.19. The van der Waals surface area contributed by atoms with Gasteiger partial charge >= 0.3 is 5.69 Å². The number of H-pyrrole nitrogens is 2. The first-order valence-corrected chi connectivity index (χ1v) is 7.42. The van der Waals surface area contributed by atoms with E-state index in [1.165, 1.54) is 11.1 Å². The molecular weight excluding hydrogens is 298 g/mol. The summed E-state index contributed by atoms with van der Waals surface area (Å²) in [4.78, 5) is 39.1. The Balaban J connectivity index is 1.93. The summed E-state index contributed by atoms with van der Waals surface area (Å²) in [6.45, 7) is 2.03. The van der Waals surface area contributed by atoms with E-state index in [9.17, 15) is 19.5 Å². The summed E-state index contributed by atoms with van der Waals surface area (Å²) in [6, 6.07) is 5.72. The average molecular weight is 315 g/mol. The minimum absolute atomic E-state index is 0.215. The Labute approximate surface area is 131 Å². The van der Waals surface area contributed by atoms with Crippen LogP contribution in [0.2, 0.25) is 0 Å². The second-order valence-electron chi connectivity index (χ2n) is 5.69. The molecule has 1 atom stereocenters. The van der Waals surface area contributed by atoms with Crippen LogP contribution >= 0.6 is 0 Å². The number of fused-ring (bicyclic) bond motifs is 1. The van der Waals surface area contributed by atoms with E-state index in [4.69, 9.17) is 0 Å². The van der Waals surface area contributed by atoms with Crippen LogP contribution in [0.5, 0.6) is 5.75 Å². The van der Waals surface area contributed by atoms with Gasteiger partial charge in [0.15, 0.2) is 5.69 Å². The van der Waals surface area contributed by atoms with Crippen molar-refractivity contribution in [3.8, 4) is 5.75 Å². The molecule has 4 N–H and O–H groups in total. The standard InChI is InChI=1S/C16H17N3O4/c1-8-4-2-6-10-9(8)5-3-7-11(10)17-14(21)12-13(20)15(22)19-16(23)18-12/h2,4,6,11,20H,3,5,7H2,1H3,(H,17,21)(H2,18,19,22,23)/t11-/m0/s1. The highest BCUT2D eigenvalue weighted by atomic mass is 16.3. The lowest BCUT2D eigenvalue weighted by atomic mass is 9.85. The van der Waals surface area contributed by atoms with Crippen LogP contribution in [0.15, 0.2) is 27.8 Å². The second-order valence-corrected chi connectivity index (χ2v) is 5.69. The molecule has 1 aromatic heterocycles. The fourth-order valence-corrected chi connectivity index (χ4v) is 3.06. The number of aryl methyl sites for hydroxylation is 1. The molecule has 0 spiro atoms. The van der Waals surface area contributed by atoms with Gasteiger partial charge in [0.05, 0.1) is 6.04 Å². The van der Waals surface area contributed by atoms with Gasteiger partial charge in [0.25, 0.3) is 11.5 Å². The van der Waals surface area contributed by atoms with Crippen molar-refractivity contribution >= 4 is 5.91 Å². The number of rotatable bonds is 2. The first-order valence-electron chi connectivity index (χ1n) is 7.42. The molecule has 0 aliphatic heterocycles. The highest BCUT2D eigenvalue weighted by Crippen LogP contribution is 2.31. The van der Waals surface area contributed by atoms with Gasteiger partial charge in [-0.2, -0.15) is 0 Å². The molecule has 3 rings (SSSR count). The molecule has 120 valence electrons. The second kappa shape index (κ2) is 5.75. The largest absolute Gasteiger partial charge is 0.501 e. The Kier molecular flexibility index (Phi) is 3.77. The lowest BCUT2D eigenvalue weighted by Gasteiger charge is -2.27. The molecule has 23 heavy (non-hydrogen) atoms. The Bertz CT molecular complexity index is 882. The molecule has 7 nitrogen and oxygen atoms in total. The molecule has 1 heterocycles. The third kappa shape index (κ3) is 2.77. The average Bonchev–Trinajstić information content (AvgIpc) is 2.52. The predicted octanol–water partition coefficient (Wildman–Crippen LogP) is 0.885. The highest BCUT2D eigenvalue weighted by molar-refractivity contribution is 5.94. The van der Waals surface area contributed by atoms with Gasteiger partial charge in [0, 0.05) is 0 Å². The minimum atomic E-state index is -0.987. The number of hydrogen-bond donors (Lipinski definition) is 4. The Morgan fingerprint density at radius 1 is 1.30 bits per heavy atom. The van der Waals surface area contributed by atoms with Gasteiger partial charge in [-0.25, -0.2) is 4.79 Å². The van der Waals surface area contributed by atoms with E-state index in [-0.39, 0.29) is 6.04 Å². The van der Waals surface area contributed by atoms with Crippen LogP contribution in [-0.2, 0) is 6.42 Å². The maximum Gasteiger partial charge on any atom is 0.326 e. The monoisotopic (exact) mass is 315 g/mol. The summed E-state index contributed by atoms with van der Waals surface area (Å²) in [6.07, 6.45) is 2.65. The molecule has 1 amide bonds. The van der Waals surface area contributed by atoms with E-state index in [1.807, 2.05) is 30.1 Å². The first-order chi connectivity index (χ1) is 11.0. The molecule has 7 heteroatoms. The predicted molar refractivity (Wildman–Crippen MR) is 83.7 cm³/mol. The molecule has 1 aromatic carbocycles. The molecule has 0 saturated heterocycles. The summed E-state index contributed by atoms with van der Waals surface area (Å²) in [5.74, 6) is -1.47. The van der Waals surface area contributed by atoms with Crippen molar-refractivity contribution in [2.24, 2.45) is 0 Å². The van der Waals surface area contributed by atoms with Crippen LogP contribution in [-0.4, -0.2) is 21.0 Å². The van der Waals surface area contributed by atoms with E-state index < -0.39 is 28.6 Å². The van der Waals surface area contributed by atoms with Crippen molar-refractivity contribution in [1.29, 1.82) is 0 Å². The van der Waals surface area contributed by atoms with Crippen LogP contribution in [0, 0.1) is 6.92 Å². The van der Waals surface area contributed by atoms with Crippen molar-refractivity contribution in [2.75, 3.05) is 0 Å². The zero-order chi connectivity index (χ0) is 16.6. The molecule has 0 saturated carbocycles. The van der Waals surface area contributed by atoms with Crippen molar-refractivity contribution in [1.82, 2.24) is 15.3 Å². The number of aromatic hydroxyl groups is 1. The van der Waals surface area contributed by atoms with Crippen LogP contribution in [0.25, 0.3) is 0 Å². The van der Waals surface area contributed by atoms with Crippen molar-refractivity contribution in [3.05, 3.63) is 61.4 Å². The maximum absolute atomic E-state index is 12.3. The molecule has 0 bridgehead atoms. The number of hydrogen-bond acceptors (Lipinski definition) is 4. The summed E-state index contributed by atoms with van der Waals surface area (Å²) < 4.78 is 0. The van der Waals surface area contributed by atoms with Gasteiger partial charge in [-0.1, -0.05) is 18.2 Å². The fourth-order valence-electron chi connectivity index (χ4n) is 3.06. The summed E-state index contributed by atoms with van der Waals surface area (Å²) in [5, 5.41) is 12.5. The van der Waals surface area contributed by atoms with E-state index in [1.54, 1.807) is 0 Å². The van der Waals surface area contributed by atoms with E-state index >= 15 is 0 Å². The van der Waals surface area contributed by atoms with Crippen LogP contribution in [0.1, 0.15) is 46.1 Å². The van der Waals surface area contributed by atoms with Gasteiger partial charge in [0.1, 0.15) is 0 Å². The number of nitrogens with one attached hydrogen (secondary N) is 3. The number of carbonyl (C=O) groups excluding carboxylic acids is 1.